The van der Waals surface area contributed by atoms with Crippen LogP contribution in [0.2, 0.25) is 0 Å². The van der Waals surface area contributed by atoms with Gasteiger partial charge in [0.05, 0.1) is 7.11 Å². The van der Waals surface area contributed by atoms with Crippen molar-refractivity contribution in [1.29, 1.82) is 0 Å². The highest BCUT2D eigenvalue weighted by atomic mass is 19.1. The number of ether oxygens (including phenoxy) is 1. The molecule has 0 heterocycles. The van der Waals surface area contributed by atoms with E-state index in [0.717, 1.165) is 12.8 Å². The molecule has 3 heteroatoms. The predicted molar refractivity (Wildman–Crippen MR) is 58.7 cm³/mol. The quantitative estimate of drug-likeness (QED) is 0.764. The molecule has 1 saturated carbocycles. The molecule has 1 aliphatic rings. The summed E-state index contributed by atoms with van der Waals surface area (Å²) in [6.07, 6.45) is 1.73. The van der Waals surface area contributed by atoms with E-state index in [0.29, 0.717) is 0 Å². The van der Waals surface area contributed by atoms with E-state index in [2.05, 4.69) is 0 Å². The lowest BCUT2D eigenvalue weighted by Gasteiger charge is -2.21. The van der Waals surface area contributed by atoms with Gasteiger partial charge in [-0.15, -0.1) is 0 Å². The van der Waals surface area contributed by atoms with Crippen LogP contribution in [-0.2, 0) is 5.41 Å². The third kappa shape index (κ3) is 1.58. The lowest BCUT2D eigenvalue weighted by Crippen LogP contribution is -2.18. The smallest absolute Gasteiger partial charge is 0.133 e. The van der Waals surface area contributed by atoms with Crippen molar-refractivity contribution >= 4 is 0 Å². The van der Waals surface area contributed by atoms with Crippen LogP contribution in [0.1, 0.15) is 32.3 Å². The molecule has 1 aliphatic carbocycles. The third-order valence-corrected chi connectivity index (χ3v) is 3.64. The minimum Gasteiger partial charge on any atom is -0.497 e. The average Bonchev–Trinajstić information content (AvgIpc) is 2.98. The van der Waals surface area contributed by atoms with Crippen molar-refractivity contribution in [2.45, 2.75) is 32.1 Å². The molecule has 0 atom stereocenters. The highest BCUT2D eigenvalue weighted by molar-refractivity contribution is 5.39. The van der Waals surface area contributed by atoms with Crippen LogP contribution in [-0.4, -0.2) is 7.11 Å². The molecule has 0 spiro atoms. The first kappa shape index (κ1) is 11.4. The van der Waals surface area contributed by atoms with Crippen molar-refractivity contribution in [3.63, 3.8) is 0 Å². The van der Waals surface area contributed by atoms with Crippen molar-refractivity contribution in [3.05, 3.63) is 29.3 Å². The second-order valence-corrected chi connectivity index (χ2v) is 4.78. The van der Waals surface area contributed by atoms with Crippen LogP contribution in [0.25, 0.3) is 0 Å². The van der Waals surface area contributed by atoms with E-state index in [1.165, 1.54) is 19.2 Å². The minimum atomic E-state index is -0.483. The molecule has 0 N–H and O–H groups in total. The molecular formula is C13H16F2O. The summed E-state index contributed by atoms with van der Waals surface area (Å²) in [7, 11) is 1.41. The lowest BCUT2D eigenvalue weighted by atomic mass is 9.84. The Hall–Kier alpha value is -1.12. The standard InChI is InChI=1S/C13H16F2O/c1-8(2)13(4-5-13)12-10(14)6-9(16-3)7-11(12)15/h6-8H,4-5H2,1-3H3. The SMILES string of the molecule is COc1cc(F)c(C2(C(C)C)CC2)c(F)c1. The largest absolute Gasteiger partial charge is 0.497 e. The molecule has 1 aromatic carbocycles. The van der Waals surface area contributed by atoms with Gasteiger partial charge in [0.25, 0.3) is 0 Å². The Bertz CT molecular complexity index is 385. The topological polar surface area (TPSA) is 9.23 Å². The van der Waals surface area contributed by atoms with Gasteiger partial charge in [-0.2, -0.15) is 0 Å². The molecule has 0 aliphatic heterocycles. The summed E-state index contributed by atoms with van der Waals surface area (Å²) < 4.78 is 32.6. The van der Waals surface area contributed by atoms with E-state index in [9.17, 15) is 8.78 Å². The van der Waals surface area contributed by atoms with Gasteiger partial charge in [0.2, 0.25) is 0 Å². The first-order valence-electron chi connectivity index (χ1n) is 5.55. The molecule has 16 heavy (non-hydrogen) atoms. The maximum absolute atomic E-state index is 13.9. The molecule has 88 valence electrons. The first-order chi connectivity index (χ1) is 7.51. The van der Waals surface area contributed by atoms with E-state index >= 15 is 0 Å². The van der Waals surface area contributed by atoms with E-state index in [1.807, 2.05) is 13.8 Å². The van der Waals surface area contributed by atoms with Crippen molar-refractivity contribution < 1.29 is 13.5 Å². The Morgan fingerprint density at radius 2 is 1.69 bits per heavy atom. The van der Waals surface area contributed by atoms with Gasteiger partial charge in [-0.3, -0.25) is 0 Å². The van der Waals surface area contributed by atoms with Gasteiger partial charge in [0, 0.05) is 23.1 Å². The number of hydrogen-bond acceptors (Lipinski definition) is 1. The van der Waals surface area contributed by atoms with Gasteiger partial charge in [0.1, 0.15) is 17.4 Å². The molecule has 1 fully saturated rings. The van der Waals surface area contributed by atoms with Crippen molar-refractivity contribution in [3.8, 4) is 5.75 Å². The van der Waals surface area contributed by atoms with E-state index in [-0.39, 0.29) is 22.6 Å². The number of rotatable bonds is 3. The summed E-state index contributed by atoms with van der Waals surface area (Å²) in [5, 5.41) is 0. The number of methoxy groups -OCH3 is 1. The molecule has 0 amide bonds. The molecule has 0 radical (unpaired) electrons. The molecule has 0 bridgehead atoms. The Balaban J connectivity index is 2.50. The van der Waals surface area contributed by atoms with Gasteiger partial charge < -0.3 is 4.74 Å². The monoisotopic (exact) mass is 226 g/mol. The molecule has 1 nitrogen and oxygen atoms in total. The van der Waals surface area contributed by atoms with Crippen molar-refractivity contribution in [2.75, 3.05) is 7.11 Å². The highest BCUT2D eigenvalue weighted by Gasteiger charge is 2.50. The van der Waals surface area contributed by atoms with Crippen LogP contribution in [0.3, 0.4) is 0 Å². The molecule has 0 saturated heterocycles. The van der Waals surface area contributed by atoms with Crippen LogP contribution in [0.4, 0.5) is 8.78 Å². The average molecular weight is 226 g/mol. The normalized spacial score (nSPS) is 17.6. The summed E-state index contributed by atoms with van der Waals surface area (Å²) in [6.45, 7) is 4.02. The summed E-state index contributed by atoms with van der Waals surface area (Å²) in [4.78, 5) is 0. The van der Waals surface area contributed by atoms with E-state index < -0.39 is 11.6 Å². The number of hydrogen-bond donors (Lipinski definition) is 0. The van der Waals surface area contributed by atoms with Gasteiger partial charge in [-0.05, 0) is 18.8 Å². The molecular weight excluding hydrogens is 210 g/mol. The fourth-order valence-electron chi connectivity index (χ4n) is 2.39. The lowest BCUT2D eigenvalue weighted by molar-refractivity contribution is 0.393. The fraction of sp³-hybridized carbons (Fsp3) is 0.538. The van der Waals surface area contributed by atoms with Crippen LogP contribution in [0, 0.1) is 17.6 Å². The van der Waals surface area contributed by atoms with Crippen LogP contribution < -0.4 is 4.74 Å². The maximum Gasteiger partial charge on any atom is 0.133 e. The Morgan fingerprint density at radius 3 is 2.00 bits per heavy atom. The molecule has 2 rings (SSSR count). The first-order valence-corrected chi connectivity index (χ1v) is 5.55. The van der Waals surface area contributed by atoms with Gasteiger partial charge in [-0.1, -0.05) is 13.8 Å². The van der Waals surface area contributed by atoms with Crippen LogP contribution in [0.15, 0.2) is 12.1 Å². The zero-order chi connectivity index (χ0) is 11.9. The summed E-state index contributed by atoms with van der Waals surface area (Å²) in [5.41, 5.74) is -0.0521. The Morgan fingerprint density at radius 1 is 1.19 bits per heavy atom. The summed E-state index contributed by atoms with van der Waals surface area (Å²) in [6, 6.07) is 2.53. The van der Waals surface area contributed by atoms with Crippen molar-refractivity contribution in [1.82, 2.24) is 0 Å². The molecule has 0 aromatic heterocycles. The van der Waals surface area contributed by atoms with Gasteiger partial charge in [0.15, 0.2) is 0 Å². The number of halogens is 2. The third-order valence-electron chi connectivity index (χ3n) is 3.64. The zero-order valence-corrected chi connectivity index (χ0v) is 9.81. The fourth-order valence-corrected chi connectivity index (χ4v) is 2.39. The maximum atomic E-state index is 13.9. The minimum absolute atomic E-state index is 0.235. The highest BCUT2D eigenvalue weighted by Crippen LogP contribution is 2.55. The molecule has 1 aromatic rings. The van der Waals surface area contributed by atoms with Crippen LogP contribution in [0.5, 0.6) is 5.75 Å². The molecule has 0 unspecified atom stereocenters. The van der Waals surface area contributed by atoms with E-state index in [4.69, 9.17) is 4.74 Å². The van der Waals surface area contributed by atoms with Gasteiger partial charge in [-0.25, -0.2) is 8.78 Å². The summed E-state index contributed by atoms with van der Waals surface area (Å²) >= 11 is 0. The Labute approximate surface area is 94.4 Å². The second-order valence-electron chi connectivity index (χ2n) is 4.78. The zero-order valence-electron chi connectivity index (χ0n) is 9.81. The van der Waals surface area contributed by atoms with Crippen LogP contribution >= 0.6 is 0 Å². The van der Waals surface area contributed by atoms with Crippen molar-refractivity contribution in [2.24, 2.45) is 5.92 Å². The summed E-state index contributed by atoms with van der Waals surface area (Å²) in [5.74, 6) is -0.477. The van der Waals surface area contributed by atoms with E-state index in [1.54, 1.807) is 0 Å². The van der Waals surface area contributed by atoms with Gasteiger partial charge >= 0.3 is 0 Å². The Kier molecular flexibility index (Phi) is 2.64. The second kappa shape index (κ2) is 3.72. The predicted octanol–water partition coefficient (Wildman–Crippen LogP) is 3.66. The number of benzene rings is 1.